The first-order valence-electron chi connectivity index (χ1n) is 9.10. The number of nitrogens with zero attached hydrogens (tertiary/aromatic N) is 2. The van der Waals surface area contributed by atoms with E-state index < -0.39 is 18.2 Å². The van der Waals surface area contributed by atoms with E-state index in [1.54, 1.807) is 23.2 Å². The van der Waals surface area contributed by atoms with Crippen LogP contribution in [0, 0.1) is 0 Å². The average molecular weight is 458 g/mol. The monoisotopic (exact) mass is 457 g/mol. The van der Waals surface area contributed by atoms with Crippen LogP contribution in [-0.4, -0.2) is 29.3 Å². The molecule has 0 fully saturated rings. The molecule has 0 radical (unpaired) electrons. The lowest BCUT2D eigenvalue weighted by atomic mass is 9.86. The fraction of sp³-hybridized carbons (Fsp3) is 0.300. The maximum atomic E-state index is 14.1. The molecule has 0 spiro atoms. The van der Waals surface area contributed by atoms with E-state index in [1.807, 2.05) is 6.92 Å². The van der Waals surface area contributed by atoms with Crippen molar-refractivity contribution < 1.29 is 22.8 Å². The number of hydrazine groups is 1. The van der Waals surface area contributed by atoms with Gasteiger partial charge in [0, 0.05) is 40.7 Å². The van der Waals surface area contributed by atoms with E-state index in [4.69, 9.17) is 28.0 Å². The zero-order valence-corrected chi connectivity index (χ0v) is 17.2. The molecule has 2 heterocycles. The van der Waals surface area contributed by atoms with Gasteiger partial charge in [-0.2, -0.15) is 13.2 Å². The second-order valence-corrected chi connectivity index (χ2v) is 7.99. The SMILES string of the molecule is CCN1Cc2cc(C3=NOC(c4cc(Cl)cc(Cl)c4)(C(F)(F)F)C3)ccc2C(=O)N1. The Labute approximate surface area is 180 Å². The molecule has 1 atom stereocenters. The van der Waals surface area contributed by atoms with Gasteiger partial charge in [-0.15, -0.1) is 0 Å². The Bertz CT molecular complexity index is 1040. The molecule has 1 unspecified atom stereocenters. The first-order chi connectivity index (χ1) is 14.1. The van der Waals surface area contributed by atoms with Gasteiger partial charge in [0.15, 0.2) is 0 Å². The molecule has 2 aliphatic rings. The summed E-state index contributed by atoms with van der Waals surface area (Å²) in [6.07, 6.45) is -5.31. The fourth-order valence-corrected chi connectivity index (χ4v) is 4.14. The number of carbonyl (C=O) groups excluding carboxylic acids is 1. The Morgan fingerprint density at radius 2 is 1.90 bits per heavy atom. The topological polar surface area (TPSA) is 53.9 Å². The molecule has 0 saturated carbocycles. The van der Waals surface area contributed by atoms with Gasteiger partial charge in [-0.1, -0.05) is 41.3 Å². The largest absolute Gasteiger partial charge is 0.435 e. The zero-order chi connectivity index (χ0) is 21.7. The number of carbonyl (C=O) groups is 1. The fourth-order valence-electron chi connectivity index (χ4n) is 3.61. The molecule has 158 valence electrons. The van der Waals surface area contributed by atoms with Crippen molar-refractivity contribution in [1.82, 2.24) is 10.4 Å². The minimum Gasteiger partial charge on any atom is -0.374 e. The van der Waals surface area contributed by atoms with Crippen LogP contribution in [0.4, 0.5) is 13.2 Å². The Morgan fingerprint density at radius 3 is 2.53 bits per heavy atom. The van der Waals surface area contributed by atoms with Gasteiger partial charge < -0.3 is 4.84 Å². The third-order valence-electron chi connectivity index (χ3n) is 5.20. The van der Waals surface area contributed by atoms with E-state index in [2.05, 4.69) is 10.6 Å². The van der Waals surface area contributed by atoms with Gasteiger partial charge in [-0.25, -0.2) is 5.01 Å². The van der Waals surface area contributed by atoms with Crippen molar-refractivity contribution in [2.75, 3.05) is 6.54 Å². The highest BCUT2D eigenvalue weighted by atomic mass is 35.5. The lowest BCUT2D eigenvalue weighted by molar-refractivity contribution is -0.275. The van der Waals surface area contributed by atoms with Crippen LogP contribution < -0.4 is 5.43 Å². The number of halogens is 5. The molecular weight excluding hydrogens is 442 g/mol. The summed E-state index contributed by atoms with van der Waals surface area (Å²) >= 11 is 11.9. The van der Waals surface area contributed by atoms with E-state index in [9.17, 15) is 18.0 Å². The second-order valence-electron chi connectivity index (χ2n) is 7.12. The Kier molecular flexibility index (Phi) is 5.20. The van der Waals surface area contributed by atoms with Gasteiger partial charge in [0.25, 0.3) is 11.5 Å². The Hall–Kier alpha value is -2.29. The highest BCUT2D eigenvalue weighted by molar-refractivity contribution is 6.34. The predicted octanol–water partition coefficient (Wildman–Crippen LogP) is 5.06. The first kappa shape index (κ1) is 21.0. The van der Waals surface area contributed by atoms with Crippen LogP contribution in [0.2, 0.25) is 10.0 Å². The van der Waals surface area contributed by atoms with E-state index >= 15 is 0 Å². The Balaban J connectivity index is 1.71. The number of amides is 1. The van der Waals surface area contributed by atoms with E-state index in [0.29, 0.717) is 29.8 Å². The van der Waals surface area contributed by atoms with Crippen LogP contribution in [-0.2, 0) is 17.0 Å². The van der Waals surface area contributed by atoms with Crippen molar-refractivity contribution in [3.8, 4) is 0 Å². The molecule has 2 aromatic rings. The predicted molar refractivity (Wildman–Crippen MR) is 106 cm³/mol. The molecule has 10 heteroatoms. The van der Waals surface area contributed by atoms with Crippen molar-refractivity contribution in [2.24, 2.45) is 5.16 Å². The molecule has 4 rings (SSSR count). The van der Waals surface area contributed by atoms with E-state index in [1.165, 1.54) is 18.2 Å². The van der Waals surface area contributed by atoms with Gasteiger partial charge in [-0.3, -0.25) is 10.2 Å². The van der Waals surface area contributed by atoms with Crippen LogP contribution in [0.5, 0.6) is 0 Å². The minimum absolute atomic E-state index is 0.0672. The van der Waals surface area contributed by atoms with E-state index in [0.717, 1.165) is 0 Å². The summed E-state index contributed by atoms with van der Waals surface area (Å²) in [5.74, 6) is -0.257. The molecule has 30 heavy (non-hydrogen) atoms. The lowest BCUT2D eigenvalue weighted by Crippen LogP contribution is -2.45. The lowest BCUT2D eigenvalue weighted by Gasteiger charge is -2.30. The maximum Gasteiger partial charge on any atom is 0.435 e. The highest BCUT2D eigenvalue weighted by Crippen LogP contribution is 2.49. The van der Waals surface area contributed by atoms with Crippen LogP contribution in [0.25, 0.3) is 0 Å². The number of rotatable bonds is 3. The molecule has 1 amide bonds. The van der Waals surface area contributed by atoms with Crippen molar-refractivity contribution in [3.63, 3.8) is 0 Å². The Morgan fingerprint density at radius 1 is 1.20 bits per heavy atom. The van der Waals surface area contributed by atoms with E-state index in [-0.39, 0.29) is 27.2 Å². The number of nitrogens with one attached hydrogen (secondary N) is 1. The number of benzene rings is 2. The van der Waals surface area contributed by atoms with Crippen LogP contribution in [0.1, 0.15) is 40.4 Å². The quantitative estimate of drug-likeness (QED) is 0.700. The zero-order valence-electron chi connectivity index (χ0n) is 15.7. The van der Waals surface area contributed by atoms with Gasteiger partial charge in [0.2, 0.25) is 0 Å². The summed E-state index contributed by atoms with van der Waals surface area (Å²) < 4.78 is 42.4. The summed E-state index contributed by atoms with van der Waals surface area (Å²) in [5.41, 5.74) is 1.59. The van der Waals surface area contributed by atoms with Crippen LogP contribution in [0.3, 0.4) is 0 Å². The first-order valence-corrected chi connectivity index (χ1v) is 9.86. The number of fused-ring (bicyclic) bond motifs is 1. The summed E-state index contributed by atoms with van der Waals surface area (Å²) in [7, 11) is 0. The molecule has 0 saturated heterocycles. The van der Waals surface area contributed by atoms with Crippen LogP contribution >= 0.6 is 23.2 Å². The van der Waals surface area contributed by atoms with Crippen molar-refractivity contribution in [1.29, 1.82) is 0 Å². The third kappa shape index (κ3) is 3.53. The number of alkyl halides is 3. The van der Waals surface area contributed by atoms with Gasteiger partial charge >= 0.3 is 6.18 Å². The molecule has 5 nitrogen and oxygen atoms in total. The van der Waals surface area contributed by atoms with Crippen molar-refractivity contribution in [2.45, 2.75) is 31.7 Å². The molecular formula is C20H16Cl2F3N3O2. The van der Waals surface area contributed by atoms with Gasteiger partial charge in [0.05, 0.1) is 5.71 Å². The van der Waals surface area contributed by atoms with Gasteiger partial charge in [0.1, 0.15) is 0 Å². The minimum atomic E-state index is -4.76. The molecule has 0 bridgehead atoms. The standard InChI is InChI=1S/C20H16Cl2F3N3O2/c1-2-28-10-12-5-11(3-4-16(12)18(29)26-28)17-9-19(30-27-17,20(23,24)25)13-6-14(21)8-15(22)7-13/h3-8H,2,9-10H2,1H3,(H,26,29). The molecule has 1 N–H and O–H groups in total. The number of hydrogen-bond donors (Lipinski definition) is 1. The van der Waals surface area contributed by atoms with Crippen molar-refractivity contribution >= 4 is 34.8 Å². The summed E-state index contributed by atoms with van der Waals surface area (Å²) in [6, 6.07) is 8.53. The normalized spacial score (nSPS) is 21.7. The smallest absolute Gasteiger partial charge is 0.374 e. The maximum absolute atomic E-state index is 14.1. The molecule has 0 aliphatic carbocycles. The molecule has 2 aromatic carbocycles. The highest BCUT2D eigenvalue weighted by Gasteiger charge is 2.62. The third-order valence-corrected chi connectivity index (χ3v) is 5.64. The second kappa shape index (κ2) is 7.44. The summed E-state index contributed by atoms with van der Waals surface area (Å²) in [5, 5.41) is 5.62. The summed E-state index contributed by atoms with van der Waals surface area (Å²) in [6.45, 7) is 2.91. The molecule has 2 aliphatic heterocycles. The van der Waals surface area contributed by atoms with Gasteiger partial charge in [-0.05, 0) is 41.5 Å². The average Bonchev–Trinajstić information content (AvgIpc) is 3.13. The van der Waals surface area contributed by atoms with Crippen molar-refractivity contribution in [3.05, 3.63) is 68.7 Å². The molecule has 0 aromatic heterocycles. The summed E-state index contributed by atoms with van der Waals surface area (Å²) in [4.78, 5) is 17.2. The number of hydrogen-bond acceptors (Lipinski definition) is 4. The van der Waals surface area contributed by atoms with Crippen LogP contribution in [0.15, 0.2) is 41.6 Å². The number of oxime groups is 1.